The van der Waals surface area contributed by atoms with Gasteiger partial charge in [-0.15, -0.1) is 0 Å². The molecule has 0 saturated heterocycles. The van der Waals surface area contributed by atoms with E-state index >= 15 is 0 Å². The number of rotatable bonds is 8. The lowest BCUT2D eigenvalue weighted by Gasteiger charge is -2.17. The highest BCUT2D eigenvalue weighted by molar-refractivity contribution is 5.93. The zero-order valence-electron chi connectivity index (χ0n) is 19.4. The molecule has 2 N–H and O–H groups in total. The van der Waals surface area contributed by atoms with Crippen molar-refractivity contribution < 1.29 is 9.59 Å². The first-order valence-corrected chi connectivity index (χ1v) is 11.0. The van der Waals surface area contributed by atoms with E-state index in [0.717, 1.165) is 22.2 Å². The van der Waals surface area contributed by atoms with Crippen LogP contribution >= 0.6 is 0 Å². The molecule has 1 atom stereocenters. The van der Waals surface area contributed by atoms with Crippen LogP contribution in [-0.2, 0) is 22.7 Å². The number of benzene rings is 1. The number of imidazole rings is 1. The van der Waals surface area contributed by atoms with E-state index in [4.69, 9.17) is 0 Å². The zero-order chi connectivity index (χ0) is 23.4. The van der Waals surface area contributed by atoms with Gasteiger partial charge < -0.3 is 10.6 Å². The number of aryl methyl sites for hydroxylation is 4. The smallest absolute Gasteiger partial charge is 0.330 e. The van der Waals surface area contributed by atoms with E-state index in [9.17, 15) is 14.4 Å². The maximum absolute atomic E-state index is 12.4. The van der Waals surface area contributed by atoms with Gasteiger partial charge in [0.2, 0.25) is 11.8 Å². The van der Waals surface area contributed by atoms with Crippen molar-refractivity contribution in [1.82, 2.24) is 19.4 Å². The Bertz CT molecular complexity index is 1210. The average Bonchev–Trinajstić information content (AvgIpc) is 3.03. The third kappa shape index (κ3) is 4.90. The van der Waals surface area contributed by atoms with Gasteiger partial charge in [-0.2, -0.15) is 0 Å². The standard InChI is InChI=1S/C24H31N5O3/c1-6-28-19-10-11-20(27-23(19)29(7-2)24(28)32)26-22(31)13-12-21(30)25-17(5)18-14-15(3)8-9-16(18)4/h8-11,14,17H,6-7,12-13H2,1-5H3,(H,25,30)(H,26,27,31). The third-order valence-electron chi connectivity index (χ3n) is 5.62. The van der Waals surface area contributed by atoms with Crippen molar-refractivity contribution >= 4 is 28.8 Å². The summed E-state index contributed by atoms with van der Waals surface area (Å²) in [6.45, 7) is 10.8. The number of carbonyl (C=O) groups excluding carboxylic acids is 2. The normalized spacial score (nSPS) is 12.0. The van der Waals surface area contributed by atoms with Crippen LogP contribution in [0, 0.1) is 13.8 Å². The van der Waals surface area contributed by atoms with Crippen LogP contribution in [0.2, 0.25) is 0 Å². The minimum Gasteiger partial charge on any atom is -0.350 e. The predicted molar refractivity (Wildman–Crippen MR) is 126 cm³/mol. The van der Waals surface area contributed by atoms with Gasteiger partial charge in [-0.05, 0) is 57.9 Å². The molecule has 0 aliphatic rings. The summed E-state index contributed by atoms with van der Waals surface area (Å²) in [5.41, 5.74) is 4.48. The van der Waals surface area contributed by atoms with E-state index in [2.05, 4.69) is 21.7 Å². The predicted octanol–water partition coefficient (Wildman–Crippen LogP) is 3.45. The van der Waals surface area contributed by atoms with E-state index in [1.54, 1.807) is 21.3 Å². The van der Waals surface area contributed by atoms with Gasteiger partial charge in [0.25, 0.3) is 0 Å². The molecule has 0 aliphatic heterocycles. The Labute approximate surface area is 187 Å². The van der Waals surface area contributed by atoms with Crippen LogP contribution in [0.5, 0.6) is 0 Å². The SMILES string of the molecule is CCn1c(=O)n(CC)c2nc(NC(=O)CCC(=O)NC(C)c3cc(C)ccc3C)ccc21. The van der Waals surface area contributed by atoms with Crippen LogP contribution in [0.1, 0.15) is 56.3 Å². The largest absolute Gasteiger partial charge is 0.350 e. The molecule has 8 heteroatoms. The summed E-state index contributed by atoms with van der Waals surface area (Å²) in [5.74, 6) is -0.120. The highest BCUT2D eigenvalue weighted by Gasteiger charge is 2.16. The quantitative estimate of drug-likeness (QED) is 0.564. The number of nitrogens with one attached hydrogen (secondary N) is 2. The summed E-state index contributed by atoms with van der Waals surface area (Å²) in [7, 11) is 0. The first-order chi connectivity index (χ1) is 15.2. The maximum Gasteiger partial charge on any atom is 0.330 e. The fourth-order valence-electron chi connectivity index (χ4n) is 3.90. The molecule has 8 nitrogen and oxygen atoms in total. The van der Waals surface area contributed by atoms with E-state index in [-0.39, 0.29) is 36.4 Å². The topological polar surface area (TPSA) is 98.0 Å². The van der Waals surface area contributed by atoms with Gasteiger partial charge >= 0.3 is 5.69 Å². The summed E-state index contributed by atoms with van der Waals surface area (Å²) in [6.07, 6.45) is 0.122. The van der Waals surface area contributed by atoms with Crippen molar-refractivity contribution in [2.75, 3.05) is 5.32 Å². The molecule has 0 saturated carbocycles. The van der Waals surface area contributed by atoms with E-state index in [1.807, 2.05) is 46.8 Å². The number of aromatic nitrogens is 3. The maximum atomic E-state index is 12.4. The minimum absolute atomic E-state index is 0.0433. The summed E-state index contributed by atoms with van der Waals surface area (Å²) >= 11 is 0. The molecule has 2 heterocycles. The highest BCUT2D eigenvalue weighted by atomic mass is 16.2. The lowest BCUT2D eigenvalue weighted by Crippen LogP contribution is -2.28. The monoisotopic (exact) mass is 437 g/mol. The number of pyridine rings is 1. The molecule has 0 fully saturated rings. The van der Waals surface area contributed by atoms with Crippen LogP contribution in [0.3, 0.4) is 0 Å². The Morgan fingerprint density at radius 2 is 1.69 bits per heavy atom. The molecule has 32 heavy (non-hydrogen) atoms. The van der Waals surface area contributed by atoms with Gasteiger partial charge in [-0.3, -0.25) is 18.7 Å². The van der Waals surface area contributed by atoms with Gasteiger partial charge in [0.15, 0.2) is 5.65 Å². The number of anilines is 1. The van der Waals surface area contributed by atoms with Crippen LogP contribution in [0.25, 0.3) is 11.2 Å². The fourth-order valence-corrected chi connectivity index (χ4v) is 3.90. The Kier molecular flexibility index (Phi) is 7.12. The van der Waals surface area contributed by atoms with Crippen molar-refractivity contribution in [3.8, 4) is 0 Å². The Hall–Kier alpha value is -3.42. The van der Waals surface area contributed by atoms with Crippen LogP contribution < -0.4 is 16.3 Å². The van der Waals surface area contributed by atoms with Gasteiger partial charge in [0.05, 0.1) is 11.6 Å². The van der Waals surface area contributed by atoms with Crippen LogP contribution in [-0.4, -0.2) is 25.9 Å². The third-order valence-corrected chi connectivity index (χ3v) is 5.62. The summed E-state index contributed by atoms with van der Waals surface area (Å²) in [6, 6.07) is 9.47. The van der Waals surface area contributed by atoms with E-state index < -0.39 is 0 Å². The molecule has 3 aromatic rings. The molecule has 0 radical (unpaired) electrons. The second-order valence-corrected chi connectivity index (χ2v) is 8.01. The van der Waals surface area contributed by atoms with Crippen molar-refractivity contribution in [2.24, 2.45) is 0 Å². The molecule has 0 spiro atoms. The zero-order valence-corrected chi connectivity index (χ0v) is 19.4. The first kappa shape index (κ1) is 23.2. The molecule has 170 valence electrons. The Morgan fingerprint density at radius 1 is 1.00 bits per heavy atom. The molecule has 2 aromatic heterocycles. The number of hydrogen-bond acceptors (Lipinski definition) is 4. The summed E-state index contributed by atoms with van der Waals surface area (Å²) in [5, 5.41) is 5.70. The van der Waals surface area contributed by atoms with Gasteiger partial charge in [0, 0.05) is 25.9 Å². The lowest BCUT2D eigenvalue weighted by molar-refractivity contribution is -0.124. The van der Waals surface area contributed by atoms with Gasteiger partial charge in [-0.25, -0.2) is 9.78 Å². The number of carbonyl (C=O) groups is 2. The van der Waals surface area contributed by atoms with E-state index in [1.165, 1.54) is 0 Å². The Balaban J connectivity index is 1.61. The molecular formula is C24H31N5O3. The highest BCUT2D eigenvalue weighted by Crippen LogP contribution is 2.19. The molecule has 1 aromatic carbocycles. The minimum atomic E-state index is -0.299. The van der Waals surface area contributed by atoms with Crippen molar-refractivity contribution in [2.45, 2.75) is 66.6 Å². The first-order valence-electron chi connectivity index (χ1n) is 11.0. The number of amides is 2. The van der Waals surface area contributed by atoms with Gasteiger partial charge in [0.1, 0.15) is 5.82 Å². The molecule has 0 aliphatic carbocycles. The van der Waals surface area contributed by atoms with Crippen LogP contribution in [0.4, 0.5) is 5.82 Å². The molecule has 1 unspecified atom stereocenters. The second-order valence-electron chi connectivity index (χ2n) is 8.01. The molecular weight excluding hydrogens is 406 g/mol. The lowest BCUT2D eigenvalue weighted by atomic mass is 10.00. The van der Waals surface area contributed by atoms with Crippen molar-refractivity contribution in [1.29, 1.82) is 0 Å². The number of hydrogen-bond donors (Lipinski definition) is 2. The van der Waals surface area contributed by atoms with Gasteiger partial charge in [-0.1, -0.05) is 23.8 Å². The summed E-state index contributed by atoms with van der Waals surface area (Å²) in [4.78, 5) is 41.7. The average molecular weight is 438 g/mol. The molecule has 3 rings (SSSR count). The number of fused-ring (bicyclic) bond motifs is 1. The Morgan fingerprint density at radius 3 is 2.38 bits per heavy atom. The molecule has 2 amide bonds. The second kappa shape index (κ2) is 9.80. The number of nitrogens with zero attached hydrogens (tertiary/aromatic N) is 3. The van der Waals surface area contributed by atoms with Crippen molar-refractivity contribution in [3.05, 3.63) is 57.5 Å². The van der Waals surface area contributed by atoms with E-state index in [0.29, 0.717) is 24.6 Å². The molecule has 0 bridgehead atoms. The van der Waals surface area contributed by atoms with Crippen molar-refractivity contribution in [3.63, 3.8) is 0 Å². The van der Waals surface area contributed by atoms with Crippen LogP contribution in [0.15, 0.2) is 35.1 Å². The summed E-state index contributed by atoms with van der Waals surface area (Å²) < 4.78 is 3.23. The fraction of sp³-hybridized carbons (Fsp3) is 0.417.